The molecule has 176 valence electrons. The smallest absolute Gasteiger partial charge is 0.234 e. The molecule has 0 atom stereocenters. The Morgan fingerprint density at radius 3 is 1.82 bits per heavy atom. The maximum Gasteiger partial charge on any atom is 0.234 e. The van der Waals surface area contributed by atoms with Gasteiger partial charge in [0.15, 0.2) is 0 Å². The van der Waals surface area contributed by atoms with E-state index < -0.39 is 16.7 Å². The first-order valence-electron chi connectivity index (χ1n) is 11.9. The molecule has 3 rings (SSSR count). The van der Waals surface area contributed by atoms with E-state index >= 15 is 0 Å². The van der Waals surface area contributed by atoms with Crippen molar-refractivity contribution in [2.45, 2.75) is 61.9 Å². The van der Waals surface area contributed by atoms with Crippen molar-refractivity contribution in [3.05, 3.63) is 65.2 Å². The fraction of sp³-hybridized carbons (Fsp3) is 0.448. The number of nitrogens with zero attached hydrogens (tertiary/aromatic N) is 1. The van der Waals surface area contributed by atoms with Crippen molar-refractivity contribution in [2.24, 2.45) is 28.4 Å². The largest absolute Gasteiger partial charge is 0.369 e. The van der Waals surface area contributed by atoms with Crippen molar-refractivity contribution in [3.8, 4) is 0 Å². The summed E-state index contributed by atoms with van der Waals surface area (Å²) in [5.74, 6) is 0.00178. The molecule has 0 aliphatic carbocycles. The number of rotatable bonds is 5. The number of benzene rings is 2. The van der Waals surface area contributed by atoms with Gasteiger partial charge in [0.05, 0.1) is 23.1 Å². The number of hydrogen-bond donors (Lipinski definition) is 1. The lowest BCUT2D eigenvalue weighted by atomic mass is 9.66. The standard InChI is InChI=1S/C29H38N2O2/c1-18(2)24-21-14-10-9-13-20(21)17-31(27(33)29(7,8)28(5,6)26(30)32)23-16-12-11-15-22(23)25(24)19(3)4/h9-16,18-19H,17H2,1-8H3,(H2,30,32)/b25-24-. The van der Waals surface area contributed by atoms with E-state index in [2.05, 4.69) is 52.0 Å². The fourth-order valence-electron chi connectivity index (χ4n) is 4.74. The zero-order valence-electron chi connectivity index (χ0n) is 21.3. The van der Waals surface area contributed by atoms with Crippen LogP contribution < -0.4 is 10.6 Å². The van der Waals surface area contributed by atoms with Crippen LogP contribution in [0.4, 0.5) is 5.69 Å². The summed E-state index contributed by atoms with van der Waals surface area (Å²) < 4.78 is 0. The molecule has 33 heavy (non-hydrogen) atoms. The minimum atomic E-state index is -1.01. The van der Waals surface area contributed by atoms with Crippen LogP contribution in [-0.4, -0.2) is 11.8 Å². The highest BCUT2D eigenvalue weighted by Gasteiger charge is 2.49. The molecule has 2 amide bonds. The van der Waals surface area contributed by atoms with Crippen LogP contribution in [0.5, 0.6) is 0 Å². The summed E-state index contributed by atoms with van der Waals surface area (Å²) in [6.45, 7) is 16.5. The van der Waals surface area contributed by atoms with E-state index in [9.17, 15) is 9.59 Å². The van der Waals surface area contributed by atoms with Gasteiger partial charge in [-0.1, -0.05) is 84.0 Å². The van der Waals surface area contributed by atoms with E-state index in [-0.39, 0.29) is 11.8 Å². The molecule has 0 spiro atoms. The first-order valence-corrected chi connectivity index (χ1v) is 11.9. The molecule has 0 fully saturated rings. The second-order valence-corrected chi connectivity index (χ2v) is 10.8. The Hall–Kier alpha value is -2.88. The second kappa shape index (κ2) is 8.81. The lowest BCUT2D eigenvalue weighted by Crippen LogP contribution is -2.53. The molecule has 2 aromatic carbocycles. The Bertz CT molecular complexity index is 1110. The van der Waals surface area contributed by atoms with Crippen LogP contribution in [-0.2, 0) is 16.1 Å². The zero-order valence-corrected chi connectivity index (χ0v) is 21.3. The number of hydrogen-bond acceptors (Lipinski definition) is 2. The molecule has 0 aromatic heterocycles. The van der Waals surface area contributed by atoms with Crippen LogP contribution in [0.25, 0.3) is 11.1 Å². The number of carbonyl (C=O) groups excluding carboxylic acids is 2. The summed E-state index contributed by atoms with van der Waals surface area (Å²) in [5, 5.41) is 0. The van der Waals surface area contributed by atoms with Gasteiger partial charge in [0.1, 0.15) is 0 Å². The molecule has 1 heterocycles. The topological polar surface area (TPSA) is 63.4 Å². The summed E-state index contributed by atoms with van der Waals surface area (Å²) in [7, 11) is 0. The fourth-order valence-corrected chi connectivity index (χ4v) is 4.74. The summed E-state index contributed by atoms with van der Waals surface area (Å²) in [6, 6.07) is 16.5. The van der Waals surface area contributed by atoms with Gasteiger partial charge >= 0.3 is 0 Å². The highest BCUT2D eigenvalue weighted by molar-refractivity contribution is 6.06. The van der Waals surface area contributed by atoms with Gasteiger partial charge in [-0.05, 0) is 54.0 Å². The van der Waals surface area contributed by atoms with Gasteiger partial charge in [0.2, 0.25) is 11.8 Å². The van der Waals surface area contributed by atoms with E-state index in [1.54, 1.807) is 13.8 Å². The van der Waals surface area contributed by atoms with Crippen LogP contribution in [0.2, 0.25) is 0 Å². The van der Waals surface area contributed by atoms with E-state index in [1.165, 1.54) is 16.7 Å². The zero-order chi connectivity index (χ0) is 24.7. The lowest BCUT2D eigenvalue weighted by molar-refractivity contribution is -0.143. The van der Waals surface area contributed by atoms with Crippen LogP contribution in [0.15, 0.2) is 48.5 Å². The molecule has 0 radical (unpaired) electrons. The lowest BCUT2D eigenvalue weighted by Gasteiger charge is -2.42. The van der Waals surface area contributed by atoms with Gasteiger partial charge < -0.3 is 10.6 Å². The second-order valence-electron chi connectivity index (χ2n) is 10.8. The molecule has 0 bridgehead atoms. The molecule has 4 nitrogen and oxygen atoms in total. The van der Waals surface area contributed by atoms with Crippen LogP contribution in [0.1, 0.15) is 72.1 Å². The molecular weight excluding hydrogens is 408 g/mol. The number of nitrogens with two attached hydrogens (primary N) is 1. The van der Waals surface area contributed by atoms with Crippen LogP contribution >= 0.6 is 0 Å². The number of fused-ring (bicyclic) bond motifs is 2. The Morgan fingerprint density at radius 1 is 0.788 bits per heavy atom. The van der Waals surface area contributed by atoms with Crippen molar-refractivity contribution in [2.75, 3.05) is 4.90 Å². The molecule has 0 saturated carbocycles. The summed E-state index contributed by atoms with van der Waals surface area (Å²) in [6.07, 6.45) is 0. The number of anilines is 1. The van der Waals surface area contributed by atoms with Crippen LogP contribution in [0.3, 0.4) is 0 Å². The van der Waals surface area contributed by atoms with Gasteiger partial charge in [-0.3, -0.25) is 9.59 Å². The van der Waals surface area contributed by atoms with E-state index in [4.69, 9.17) is 5.73 Å². The molecule has 0 unspecified atom stereocenters. The SMILES string of the molecule is CC(C)/C1=C(\C(C)C)c2ccccc2N(C(=O)C(C)(C)C(C)(C)C(N)=O)Cc2ccccc21. The Balaban J connectivity index is 2.37. The predicted octanol–water partition coefficient (Wildman–Crippen LogP) is 6.29. The van der Waals surface area contributed by atoms with Gasteiger partial charge in [-0.15, -0.1) is 0 Å². The van der Waals surface area contributed by atoms with E-state index in [1.807, 2.05) is 43.0 Å². The van der Waals surface area contributed by atoms with Gasteiger partial charge in [-0.2, -0.15) is 0 Å². The molecule has 0 saturated heterocycles. The monoisotopic (exact) mass is 446 g/mol. The Kier molecular flexibility index (Phi) is 6.61. The third kappa shape index (κ3) is 4.12. The number of allylic oxidation sites excluding steroid dienone is 2. The third-order valence-corrected chi connectivity index (χ3v) is 7.52. The third-order valence-electron chi connectivity index (χ3n) is 7.52. The van der Waals surface area contributed by atoms with Gasteiger partial charge in [0, 0.05) is 5.56 Å². The molecule has 4 heteroatoms. The minimum Gasteiger partial charge on any atom is -0.369 e. The van der Waals surface area contributed by atoms with Crippen molar-refractivity contribution >= 4 is 28.6 Å². The number of para-hydroxylation sites is 1. The maximum absolute atomic E-state index is 14.2. The maximum atomic E-state index is 14.2. The predicted molar refractivity (Wildman–Crippen MR) is 137 cm³/mol. The first-order chi connectivity index (χ1) is 15.3. The Morgan fingerprint density at radius 2 is 1.27 bits per heavy atom. The average Bonchev–Trinajstić information content (AvgIpc) is 2.73. The summed E-state index contributed by atoms with van der Waals surface area (Å²) in [4.78, 5) is 28.4. The highest BCUT2D eigenvalue weighted by Crippen LogP contribution is 2.46. The molecule has 2 N–H and O–H groups in total. The minimum absolute atomic E-state index is 0.107. The van der Waals surface area contributed by atoms with Crippen molar-refractivity contribution in [3.63, 3.8) is 0 Å². The van der Waals surface area contributed by atoms with Gasteiger partial charge in [-0.25, -0.2) is 0 Å². The van der Waals surface area contributed by atoms with Crippen LogP contribution in [0, 0.1) is 22.7 Å². The van der Waals surface area contributed by atoms with E-state index in [0.29, 0.717) is 12.5 Å². The Labute approximate surface area is 198 Å². The van der Waals surface area contributed by atoms with Gasteiger partial charge in [0.25, 0.3) is 0 Å². The molecule has 1 aliphatic heterocycles. The molecule has 2 aromatic rings. The van der Waals surface area contributed by atoms with E-state index in [0.717, 1.165) is 16.8 Å². The molecular formula is C29H38N2O2. The normalized spacial score (nSPS) is 16.8. The quantitative estimate of drug-likeness (QED) is 0.586. The average molecular weight is 447 g/mol. The number of amides is 2. The summed E-state index contributed by atoms with van der Waals surface area (Å²) >= 11 is 0. The van der Waals surface area contributed by atoms with Crippen molar-refractivity contribution < 1.29 is 9.59 Å². The summed E-state index contributed by atoms with van der Waals surface area (Å²) in [5.41, 5.74) is 10.6. The number of primary amides is 1. The number of carbonyl (C=O) groups is 2. The molecule has 1 aliphatic rings. The van der Waals surface area contributed by atoms with Crippen molar-refractivity contribution in [1.29, 1.82) is 0 Å². The first kappa shape index (κ1) is 24.8. The highest BCUT2D eigenvalue weighted by atomic mass is 16.2. The van der Waals surface area contributed by atoms with Crippen molar-refractivity contribution in [1.82, 2.24) is 0 Å².